The van der Waals surface area contributed by atoms with Gasteiger partial charge >= 0.3 is 0 Å². The average molecular weight is 405 g/mol. The van der Waals surface area contributed by atoms with Crippen molar-refractivity contribution >= 4 is 11.9 Å². The van der Waals surface area contributed by atoms with E-state index in [1.54, 1.807) is 0 Å². The summed E-state index contributed by atoms with van der Waals surface area (Å²) in [6.07, 6.45) is 9.03. The third kappa shape index (κ3) is 7.71. The normalized spacial score (nSPS) is 15.6. The van der Waals surface area contributed by atoms with Gasteiger partial charge in [0.25, 0.3) is 0 Å². The standard InChI is InChI=1S/C22H40N6O/c1-6-23-22(27(4)15-19-16-28(5)26-21(19)17(2)3)25-13-12-24-20(29)14-18-10-8-7-9-11-18/h16-18H,6-15H2,1-5H3,(H,23,25)(H,24,29). The third-order valence-electron chi connectivity index (χ3n) is 5.48. The van der Waals surface area contributed by atoms with E-state index in [1.165, 1.54) is 37.7 Å². The van der Waals surface area contributed by atoms with E-state index in [0.29, 0.717) is 31.3 Å². The lowest BCUT2D eigenvalue weighted by atomic mass is 9.87. The number of nitrogens with zero attached hydrogens (tertiary/aromatic N) is 4. The molecule has 29 heavy (non-hydrogen) atoms. The second kappa shape index (κ2) is 11.8. The van der Waals surface area contributed by atoms with Crippen LogP contribution in [0.1, 0.15) is 76.5 Å². The minimum Gasteiger partial charge on any atom is -0.357 e. The highest BCUT2D eigenvalue weighted by Gasteiger charge is 2.17. The number of hydrogen-bond donors (Lipinski definition) is 2. The van der Waals surface area contributed by atoms with Crippen molar-refractivity contribution in [2.24, 2.45) is 18.0 Å². The van der Waals surface area contributed by atoms with E-state index in [2.05, 4.69) is 47.6 Å². The lowest BCUT2D eigenvalue weighted by Gasteiger charge is -2.22. The highest BCUT2D eigenvalue weighted by molar-refractivity contribution is 5.80. The maximum atomic E-state index is 12.2. The van der Waals surface area contributed by atoms with Crippen molar-refractivity contribution < 1.29 is 4.79 Å². The molecule has 1 aromatic rings. The number of hydrogen-bond acceptors (Lipinski definition) is 3. The van der Waals surface area contributed by atoms with Crippen LogP contribution >= 0.6 is 0 Å². The summed E-state index contributed by atoms with van der Waals surface area (Å²) in [5.41, 5.74) is 2.35. The number of nitrogens with one attached hydrogen (secondary N) is 2. The Morgan fingerprint density at radius 1 is 1.31 bits per heavy atom. The van der Waals surface area contributed by atoms with Gasteiger partial charge in [0.2, 0.25) is 5.91 Å². The van der Waals surface area contributed by atoms with Gasteiger partial charge in [0.15, 0.2) is 5.96 Å². The molecule has 0 radical (unpaired) electrons. The Labute approximate surface area is 176 Å². The van der Waals surface area contributed by atoms with Crippen LogP contribution < -0.4 is 10.6 Å². The van der Waals surface area contributed by atoms with Crippen LogP contribution in [0, 0.1) is 5.92 Å². The summed E-state index contributed by atoms with van der Waals surface area (Å²) in [6, 6.07) is 0. The van der Waals surface area contributed by atoms with Crippen LogP contribution in [-0.4, -0.2) is 53.2 Å². The van der Waals surface area contributed by atoms with Crippen LogP contribution in [0.4, 0.5) is 0 Å². The molecule has 2 rings (SSSR count). The molecule has 1 aliphatic rings. The first-order valence-corrected chi connectivity index (χ1v) is 11.2. The fourth-order valence-corrected chi connectivity index (χ4v) is 4.05. The van der Waals surface area contributed by atoms with Crippen molar-refractivity contribution in [1.82, 2.24) is 25.3 Å². The number of amides is 1. The molecule has 0 bridgehead atoms. The summed E-state index contributed by atoms with van der Waals surface area (Å²) in [6.45, 7) is 9.12. The second-order valence-corrected chi connectivity index (χ2v) is 8.52. The fraction of sp³-hybridized carbons (Fsp3) is 0.773. The van der Waals surface area contributed by atoms with Gasteiger partial charge in [-0.2, -0.15) is 5.10 Å². The molecule has 2 N–H and O–H groups in total. The van der Waals surface area contributed by atoms with Gasteiger partial charge in [-0.1, -0.05) is 33.1 Å². The SMILES string of the molecule is CCNC(=NCCNC(=O)CC1CCCCC1)N(C)Cc1cn(C)nc1C(C)C. The molecule has 7 heteroatoms. The molecule has 0 atom stereocenters. The molecule has 1 aromatic heterocycles. The van der Waals surface area contributed by atoms with Crippen LogP contribution in [0.15, 0.2) is 11.2 Å². The molecular formula is C22H40N6O. The largest absolute Gasteiger partial charge is 0.357 e. The Kier molecular flexibility index (Phi) is 9.48. The molecule has 7 nitrogen and oxygen atoms in total. The minimum atomic E-state index is 0.169. The molecule has 1 fully saturated rings. The van der Waals surface area contributed by atoms with Gasteiger partial charge < -0.3 is 15.5 Å². The van der Waals surface area contributed by atoms with Crippen molar-refractivity contribution in [2.45, 2.75) is 71.8 Å². The summed E-state index contributed by atoms with van der Waals surface area (Å²) in [5.74, 6) is 1.99. The molecule has 0 spiro atoms. The predicted octanol–water partition coefficient (Wildman–Crippen LogP) is 3.03. The van der Waals surface area contributed by atoms with Crippen LogP contribution in [0.2, 0.25) is 0 Å². The van der Waals surface area contributed by atoms with E-state index in [1.807, 2.05) is 18.8 Å². The van der Waals surface area contributed by atoms with Gasteiger partial charge in [-0.05, 0) is 31.6 Å². The van der Waals surface area contributed by atoms with E-state index in [9.17, 15) is 4.79 Å². The predicted molar refractivity (Wildman–Crippen MR) is 119 cm³/mol. The highest BCUT2D eigenvalue weighted by atomic mass is 16.1. The molecule has 0 unspecified atom stereocenters. The number of aryl methyl sites for hydroxylation is 1. The maximum absolute atomic E-state index is 12.2. The van der Waals surface area contributed by atoms with Gasteiger partial charge in [-0.25, -0.2) is 0 Å². The number of carbonyl (C=O) groups excluding carboxylic acids is 1. The van der Waals surface area contributed by atoms with Crippen molar-refractivity contribution in [3.63, 3.8) is 0 Å². The van der Waals surface area contributed by atoms with Gasteiger partial charge in [0.05, 0.1) is 12.2 Å². The third-order valence-corrected chi connectivity index (χ3v) is 5.48. The quantitative estimate of drug-likeness (QED) is 0.377. The average Bonchev–Trinajstić information content (AvgIpc) is 3.05. The van der Waals surface area contributed by atoms with Gasteiger partial charge in [-0.15, -0.1) is 0 Å². The van der Waals surface area contributed by atoms with Crippen molar-refractivity contribution in [1.29, 1.82) is 0 Å². The first-order chi connectivity index (χ1) is 13.9. The number of guanidine groups is 1. The number of aliphatic imine (C=N–C) groups is 1. The summed E-state index contributed by atoms with van der Waals surface area (Å²) in [4.78, 5) is 19.0. The molecule has 1 saturated carbocycles. The lowest BCUT2D eigenvalue weighted by molar-refractivity contribution is -0.122. The van der Waals surface area contributed by atoms with Crippen LogP contribution in [-0.2, 0) is 18.4 Å². The molecular weight excluding hydrogens is 364 g/mol. The molecule has 1 amide bonds. The first kappa shape index (κ1) is 23.2. The van der Waals surface area contributed by atoms with Crippen molar-refractivity contribution in [2.75, 3.05) is 26.7 Å². The molecule has 0 aromatic carbocycles. The van der Waals surface area contributed by atoms with Crippen LogP contribution in [0.5, 0.6) is 0 Å². The molecule has 164 valence electrons. The summed E-state index contributed by atoms with van der Waals surface area (Å²) in [5, 5.41) is 11.0. The van der Waals surface area contributed by atoms with E-state index in [0.717, 1.165) is 24.7 Å². The zero-order valence-electron chi connectivity index (χ0n) is 19.0. The molecule has 0 aliphatic heterocycles. The van der Waals surface area contributed by atoms with E-state index in [4.69, 9.17) is 4.99 Å². The second-order valence-electron chi connectivity index (χ2n) is 8.52. The van der Waals surface area contributed by atoms with Gasteiger partial charge in [-0.3, -0.25) is 14.5 Å². The van der Waals surface area contributed by atoms with Crippen molar-refractivity contribution in [3.8, 4) is 0 Å². The first-order valence-electron chi connectivity index (χ1n) is 11.2. The minimum absolute atomic E-state index is 0.169. The Morgan fingerprint density at radius 2 is 2.03 bits per heavy atom. The smallest absolute Gasteiger partial charge is 0.220 e. The highest BCUT2D eigenvalue weighted by Crippen LogP contribution is 2.26. The van der Waals surface area contributed by atoms with E-state index < -0.39 is 0 Å². The molecule has 1 aliphatic carbocycles. The number of carbonyl (C=O) groups is 1. The molecule has 1 heterocycles. The van der Waals surface area contributed by atoms with Crippen molar-refractivity contribution in [3.05, 3.63) is 17.5 Å². The zero-order chi connectivity index (χ0) is 21.2. The Bertz CT molecular complexity index is 660. The fourth-order valence-electron chi connectivity index (χ4n) is 4.05. The number of aromatic nitrogens is 2. The zero-order valence-corrected chi connectivity index (χ0v) is 19.0. The lowest BCUT2D eigenvalue weighted by Crippen LogP contribution is -2.39. The number of rotatable bonds is 9. The van der Waals surface area contributed by atoms with E-state index in [-0.39, 0.29) is 5.91 Å². The molecule has 0 saturated heterocycles. The van der Waals surface area contributed by atoms with Gasteiger partial charge in [0, 0.05) is 51.9 Å². The summed E-state index contributed by atoms with van der Waals surface area (Å²) >= 11 is 0. The topological polar surface area (TPSA) is 74.6 Å². The Morgan fingerprint density at radius 3 is 2.69 bits per heavy atom. The van der Waals surface area contributed by atoms with Crippen LogP contribution in [0.3, 0.4) is 0 Å². The Balaban J connectivity index is 1.84. The van der Waals surface area contributed by atoms with Crippen LogP contribution in [0.25, 0.3) is 0 Å². The maximum Gasteiger partial charge on any atom is 0.220 e. The van der Waals surface area contributed by atoms with Gasteiger partial charge in [0.1, 0.15) is 0 Å². The Hall–Kier alpha value is -2.05. The summed E-state index contributed by atoms with van der Waals surface area (Å²) < 4.78 is 1.88. The van der Waals surface area contributed by atoms with E-state index >= 15 is 0 Å². The monoisotopic (exact) mass is 404 g/mol. The summed E-state index contributed by atoms with van der Waals surface area (Å²) in [7, 11) is 4.00.